The summed E-state index contributed by atoms with van der Waals surface area (Å²) in [6.45, 7) is 0. The van der Waals surface area contributed by atoms with Gasteiger partial charge >= 0.3 is 22.1 Å². The number of carboxylic acid groups (broad SMARTS) is 2. The largest absolute Gasteiger partial charge is 0.478 e. The number of hydrogen-bond donors (Lipinski definition) is 3. The maximum absolute atomic E-state index is 10.2. The van der Waals surface area contributed by atoms with Crippen LogP contribution >= 0.6 is 0 Å². The third kappa shape index (κ3) is 3.12. The Balaban J connectivity index is 5.23. The molecule has 0 bridgehead atoms. The van der Waals surface area contributed by atoms with Crippen LogP contribution in [0.4, 0.5) is 0 Å². The number of carboxylic acids is 2. The Morgan fingerprint density at radius 3 is 1.67 bits per heavy atom. The highest BCUT2D eigenvalue weighted by Crippen LogP contribution is 2.03. The van der Waals surface area contributed by atoms with Gasteiger partial charge in [-0.15, -0.1) is 0 Å². The Bertz CT molecular complexity index is 334. The standard InChI is InChI=1S/C4H4O7S/c5-3(6)1-2(4(7)8)12(9,10)11/h1H,(H,5,6)(H,7,8)(H,9,10,11). The molecule has 12 heavy (non-hydrogen) atoms. The van der Waals surface area contributed by atoms with Gasteiger partial charge in [-0.25, -0.2) is 9.59 Å². The van der Waals surface area contributed by atoms with E-state index < -0.39 is 27.0 Å². The van der Waals surface area contributed by atoms with Crippen molar-refractivity contribution in [2.75, 3.05) is 0 Å². The molecule has 0 fully saturated rings. The minimum atomic E-state index is -4.98. The maximum Gasteiger partial charge on any atom is 0.350 e. The first kappa shape index (κ1) is 10.6. The molecule has 0 atom stereocenters. The van der Waals surface area contributed by atoms with Crippen LogP contribution in [0.25, 0.3) is 0 Å². The highest BCUT2D eigenvalue weighted by atomic mass is 32.2. The molecular formula is C4H4O7S. The molecule has 0 aromatic rings. The summed E-state index contributed by atoms with van der Waals surface area (Å²) in [5.41, 5.74) is 0. The van der Waals surface area contributed by atoms with Crippen molar-refractivity contribution in [3.63, 3.8) is 0 Å². The first-order valence-electron chi connectivity index (χ1n) is 2.40. The number of rotatable bonds is 3. The van der Waals surface area contributed by atoms with Crippen LogP contribution in [-0.4, -0.2) is 35.1 Å². The van der Waals surface area contributed by atoms with Gasteiger partial charge in [0.2, 0.25) is 0 Å². The van der Waals surface area contributed by atoms with E-state index in [9.17, 15) is 18.0 Å². The van der Waals surface area contributed by atoms with E-state index in [-0.39, 0.29) is 6.08 Å². The zero-order chi connectivity index (χ0) is 9.94. The lowest BCUT2D eigenvalue weighted by Gasteiger charge is -1.94. The SMILES string of the molecule is O=C(O)C=C(C(=O)O)S(=O)(=O)O. The first-order valence-corrected chi connectivity index (χ1v) is 3.84. The minimum absolute atomic E-state index is 0.113. The summed E-state index contributed by atoms with van der Waals surface area (Å²) < 4.78 is 28.5. The first-order chi connectivity index (χ1) is 5.25. The number of hydrogen-bond acceptors (Lipinski definition) is 4. The zero-order valence-electron chi connectivity index (χ0n) is 5.46. The van der Waals surface area contributed by atoms with Gasteiger partial charge in [0.15, 0.2) is 4.91 Å². The van der Waals surface area contributed by atoms with Crippen LogP contribution in [0.2, 0.25) is 0 Å². The van der Waals surface area contributed by atoms with Gasteiger partial charge in [0.05, 0.1) is 6.08 Å². The lowest BCUT2D eigenvalue weighted by Crippen LogP contribution is -2.13. The van der Waals surface area contributed by atoms with Crippen LogP contribution in [0.3, 0.4) is 0 Å². The van der Waals surface area contributed by atoms with Crippen LogP contribution in [0.15, 0.2) is 11.0 Å². The summed E-state index contributed by atoms with van der Waals surface area (Å²) in [6.07, 6.45) is -0.113. The summed E-state index contributed by atoms with van der Waals surface area (Å²) in [4.78, 5) is 18.3. The lowest BCUT2D eigenvalue weighted by atomic mass is 10.5. The summed E-state index contributed by atoms with van der Waals surface area (Å²) in [7, 11) is -4.98. The fraction of sp³-hybridized carbons (Fsp3) is 0. The Morgan fingerprint density at radius 1 is 1.17 bits per heavy atom. The van der Waals surface area contributed by atoms with Gasteiger partial charge in [-0.1, -0.05) is 0 Å². The second kappa shape index (κ2) is 3.32. The maximum atomic E-state index is 10.2. The molecule has 0 aliphatic heterocycles. The Hall–Kier alpha value is -1.41. The average Bonchev–Trinajstić information content (AvgIpc) is 1.79. The van der Waals surface area contributed by atoms with Crippen molar-refractivity contribution in [3.05, 3.63) is 11.0 Å². The summed E-state index contributed by atoms with van der Waals surface area (Å²) in [5.74, 6) is -3.80. The molecule has 0 rings (SSSR count). The molecule has 3 N–H and O–H groups in total. The van der Waals surface area contributed by atoms with Crippen molar-refractivity contribution in [1.82, 2.24) is 0 Å². The van der Waals surface area contributed by atoms with Crippen molar-refractivity contribution in [2.45, 2.75) is 0 Å². The fourth-order valence-electron chi connectivity index (χ4n) is 0.359. The molecule has 0 amide bonds. The van der Waals surface area contributed by atoms with Crippen molar-refractivity contribution >= 4 is 22.1 Å². The normalized spacial score (nSPS) is 12.6. The smallest absolute Gasteiger partial charge is 0.350 e. The number of carbonyl (C=O) groups is 2. The zero-order valence-corrected chi connectivity index (χ0v) is 6.28. The Kier molecular flexibility index (Phi) is 2.93. The van der Waals surface area contributed by atoms with Gasteiger partial charge in [-0.2, -0.15) is 8.42 Å². The van der Waals surface area contributed by atoms with Crippen LogP contribution in [0.1, 0.15) is 0 Å². The highest BCUT2D eigenvalue weighted by Gasteiger charge is 2.22. The molecule has 0 heterocycles. The molecule has 8 heteroatoms. The van der Waals surface area contributed by atoms with Crippen LogP contribution in [0.5, 0.6) is 0 Å². The fourth-order valence-corrected chi connectivity index (χ4v) is 0.829. The predicted molar refractivity (Wildman–Crippen MR) is 34.9 cm³/mol. The van der Waals surface area contributed by atoms with Gasteiger partial charge in [-0.05, 0) is 0 Å². The molecule has 0 aliphatic rings. The molecule has 0 unspecified atom stereocenters. The van der Waals surface area contributed by atoms with E-state index in [2.05, 4.69) is 0 Å². The van der Waals surface area contributed by atoms with E-state index in [0.717, 1.165) is 0 Å². The second-order valence-electron chi connectivity index (χ2n) is 1.63. The summed E-state index contributed by atoms with van der Waals surface area (Å²) >= 11 is 0. The molecule has 0 spiro atoms. The predicted octanol–water partition coefficient (Wildman–Crippen LogP) is -1.07. The number of aliphatic carboxylic acids is 2. The van der Waals surface area contributed by atoms with Crippen molar-refractivity contribution in [2.24, 2.45) is 0 Å². The van der Waals surface area contributed by atoms with Crippen molar-refractivity contribution in [3.8, 4) is 0 Å². The van der Waals surface area contributed by atoms with Gasteiger partial charge in [-0.3, -0.25) is 4.55 Å². The average molecular weight is 196 g/mol. The highest BCUT2D eigenvalue weighted by molar-refractivity contribution is 7.90. The van der Waals surface area contributed by atoms with Gasteiger partial charge < -0.3 is 10.2 Å². The molecule has 0 aliphatic carbocycles. The molecule has 68 valence electrons. The molecule has 0 saturated carbocycles. The van der Waals surface area contributed by atoms with E-state index in [1.807, 2.05) is 0 Å². The van der Waals surface area contributed by atoms with E-state index in [0.29, 0.717) is 0 Å². The molecule has 0 aromatic carbocycles. The van der Waals surface area contributed by atoms with Gasteiger partial charge in [0.25, 0.3) is 0 Å². The third-order valence-electron chi connectivity index (χ3n) is 0.743. The minimum Gasteiger partial charge on any atom is -0.478 e. The molecule has 0 aromatic heterocycles. The quantitative estimate of drug-likeness (QED) is 0.387. The van der Waals surface area contributed by atoms with Crippen molar-refractivity contribution in [1.29, 1.82) is 0 Å². The Labute approximate surface area is 66.7 Å². The Morgan fingerprint density at radius 2 is 1.58 bits per heavy atom. The lowest BCUT2D eigenvalue weighted by molar-refractivity contribution is -0.134. The third-order valence-corrected chi connectivity index (χ3v) is 1.59. The molecule has 0 saturated heterocycles. The van der Waals surface area contributed by atoms with Crippen molar-refractivity contribution < 1.29 is 32.8 Å². The summed E-state index contributed by atoms with van der Waals surface area (Å²) in [5, 5.41) is 16.1. The monoisotopic (exact) mass is 196 g/mol. The van der Waals surface area contributed by atoms with Crippen LogP contribution in [0, 0.1) is 0 Å². The second-order valence-corrected chi connectivity index (χ2v) is 3.02. The van der Waals surface area contributed by atoms with Gasteiger partial charge in [0.1, 0.15) is 0 Å². The van der Waals surface area contributed by atoms with Gasteiger partial charge in [0, 0.05) is 0 Å². The topological polar surface area (TPSA) is 129 Å². The van der Waals surface area contributed by atoms with E-state index in [1.165, 1.54) is 0 Å². The molecular weight excluding hydrogens is 192 g/mol. The molecule has 7 nitrogen and oxygen atoms in total. The molecule has 0 radical (unpaired) electrons. The van der Waals surface area contributed by atoms with E-state index in [4.69, 9.17) is 14.8 Å². The van der Waals surface area contributed by atoms with Crippen LogP contribution < -0.4 is 0 Å². The van der Waals surface area contributed by atoms with E-state index >= 15 is 0 Å². The van der Waals surface area contributed by atoms with E-state index in [1.54, 1.807) is 0 Å². The summed E-state index contributed by atoms with van der Waals surface area (Å²) in [6, 6.07) is 0. The van der Waals surface area contributed by atoms with Crippen LogP contribution in [-0.2, 0) is 19.7 Å².